The van der Waals surface area contributed by atoms with Gasteiger partial charge >= 0.3 is 0 Å². The number of aromatic nitrogens is 1. The van der Waals surface area contributed by atoms with Crippen LogP contribution in [0, 0.1) is 12.0 Å². The van der Waals surface area contributed by atoms with Crippen LogP contribution in [0.1, 0.15) is 13.3 Å². The molecule has 1 aromatic heterocycles. The molecule has 1 aliphatic rings. The minimum absolute atomic E-state index is 0.580. The lowest BCUT2D eigenvalue weighted by atomic mass is 10.1. The molecule has 2 heterocycles. The van der Waals surface area contributed by atoms with E-state index in [2.05, 4.69) is 47.1 Å². The largest absolute Gasteiger partial charge is 0.493 e. The highest BCUT2D eigenvalue weighted by molar-refractivity contribution is 7.13. The first-order chi connectivity index (χ1) is 14.2. The molecular formula is C23H28N3O2S. The number of hydrogen-bond donors (Lipinski definition) is 0. The lowest BCUT2D eigenvalue weighted by Gasteiger charge is -2.36. The molecule has 153 valence electrons. The number of ether oxygens (including phenoxy) is 2. The molecule has 4 rings (SSSR count). The van der Waals surface area contributed by atoms with Crippen molar-refractivity contribution in [1.82, 2.24) is 9.27 Å². The van der Waals surface area contributed by atoms with Crippen molar-refractivity contribution in [3.63, 3.8) is 0 Å². The maximum Gasteiger partial charge on any atom is 0.169 e. The average Bonchev–Trinajstić information content (AvgIpc) is 3.19. The molecule has 0 amide bonds. The first kappa shape index (κ1) is 20.0. The summed E-state index contributed by atoms with van der Waals surface area (Å²) in [6, 6.07) is 17.3. The molecule has 1 fully saturated rings. The Morgan fingerprint density at radius 1 is 1.14 bits per heavy atom. The number of para-hydroxylation sites is 1. The quantitative estimate of drug-likeness (QED) is 0.553. The Hall–Kier alpha value is -2.31. The van der Waals surface area contributed by atoms with Crippen LogP contribution in [0.2, 0.25) is 0 Å². The van der Waals surface area contributed by atoms with Gasteiger partial charge < -0.3 is 14.4 Å². The SMILES string of the molecule is COc1ccc[c]c1OCCC(C)CN1CCN(c2nsc3ccccc23)CC1. The summed E-state index contributed by atoms with van der Waals surface area (Å²) in [6.45, 7) is 8.32. The summed E-state index contributed by atoms with van der Waals surface area (Å²) >= 11 is 1.60. The third kappa shape index (κ3) is 4.82. The van der Waals surface area contributed by atoms with E-state index in [1.165, 1.54) is 10.1 Å². The highest BCUT2D eigenvalue weighted by Crippen LogP contribution is 2.30. The van der Waals surface area contributed by atoms with Crippen molar-refractivity contribution in [2.45, 2.75) is 13.3 Å². The number of benzene rings is 2. The summed E-state index contributed by atoms with van der Waals surface area (Å²) in [4.78, 5) is 4.99. The van der Waals surface area contributed by atoms with Gasteiger partial charge in [0.1, 0.15) is 5.82 Å². The molecular weight excluding hydrogens is 382 g/mol. The summed E-state index contributed by atoms with van der Waals surface area (Å²) in [6.07, 6.45) is 1.02. The summed E-state index contributed by atoms with van der Waals surface area (Å²) in [5.74, 6) is 3.17. The Bertz CT molecular complexity index is 921. The van der Waals surface area contributed by atoms with Crippen LogP contribution in [0.15, 0.2) is 42.5 Å². The third-order valence-electron chi connectivity index (χ3n) is 5.46. The number of piperazine rings is 1. The molecule has 1 aliphatic heterocycles. The molecule has 29 heavy (non-hydrogen) atoms. The number of anilines is 1. The first-order valence-corrected chi connectivity index (χ1v) is 11.0. The van der Waals surface area contributed by atoms with E-state index < -0.39 is 0 Å². The van der Waals surface area contributed by atoms with Gasteiger partial charge in [-0.2, -0.15) is 4.37 Å². The fourth-order valence-corrected chi connectivity index (χ4v) is 4.61. The van der Waals surface area contributed by atoms with Gasteiger partial charge in [-0.1, -0.05) is 31.2 Å². The lowest BCUT2D eigenvalue weighted by Crippen LogP contribution is -2.47. The van der Waals surface area contributed by atoms with Crippen molar-refractivity contribution in [3.05, 3.63) is 48.5 Å². The number of fused-ring (bicyclic) bond motifs is 1. The standard InChI is InChI=1S/C23H28N3O2S/c1-18(11-16-28-21-9-5-4-8-20(21)27-2)17-25-12-14-26(15-13-25)23-19-7-3-6-10-22(19)29-24-23/h3-8,10,18H,11-17H2,1-2H3. The van der Waals surface area contributed by atoms with Crippen molar-refractivity contribution in [2.75, 3.05) is 51.3 Å². The minimum atomic E-state index is 0.580. The molecule has 0 spiro atoms. The van der Waals surface area contributed by atoms with E-state index in [0.29, 0.717) is 18.3 Å². The monoisotopic (exact) mass is 410 g/mol. The van der Waals surface area contributed by atoms with E-state index >= 15 is 0 Å². The van der Waals surface area contributed by atoms with Gasteiger partial charge in [0.25, 0.3) is 0 Å². The van der Waals surface area contributed by atoms with E-state index in [-0.39, 0.29) is 0 Å². The number of methoxy groups -OCH3 is 1. The van der Waals surface area contributed by atoms with Gasteiger partial charge in [-0.15, -0.1) is 0 Å². The van der Waals surface area contributed by atoms with Crippen LogP contribution in [0.25, 0.3) is 10.1 Å². The van der Waals surface area contributed by atoms with Crippen LogP contribution in [-0.2, 0) is 0 Å². The predicted molar refractivity (Wildman–Crippen MR) is 119 cm³/mol. The van der Waals surface area contributed by atoms with Gasteiger partial charge in [-0.3, -0.25) is 4.90 Å². The fraction of sp³-hybridized carbons (Fsp3) is 0.435. The second kappa shape index (κ2) is 9.46. The molecule has 0 aliphatic carbocycles. The smallest absolute Gasteiger partial charge is 0.169 e. The summed E-state index contributed by atoms with van der Waals surface area (Å²) in [5, 5.41) is 1.28. The summed E-state index contributed by atoms with van der Waals surface area (Å²) in [7, 11) is 1.66. The summed E-state index contributed by atoms with van der Waals surface area (Å²) in [5.41, 5.74) is 0. The Morgan fingerprint density at radius 3 is 2.79 bits per heavy atom. The molecule has 3 aromatic rings. The number of nitrogens with zero attached hydrogens (tertiary/aromatic N) is 3. The molecule has 6 heteroatoms. The highest BCUT2D eigenvalue weighted by Gasteiger charge is 2.21. The second-order valence-corrected chi connectivity index (χ2v) is 8.40. The third-order valence-corrected chi connectivity index (χ3v) is 6.28. The van der Waals surface area contributed by atoms with Gasteiger partial charge in [0.15, 0.2) is 11.5 Å². The Labute approximate surface area is 177 Å². The van der Waals surface area contributed by atoms with Gasteiger partial charge in [0.05, 0.1) is 18.4 Å². The Balaban J connectivity index is 1.22. The molecule has 0 bridgehead atoms. The molecule has 1 saturated heterocycles. The molecule has 2 aromatic carbocycles. The average molecular weight is 411 g/mol. The fourth-order valence-electron chi connectivity index (χ4n) is 3.82. The molecule has 5 nitrogen and oxygen atoms in total. The molecule has 1 unspecified atom stereocenters. The zero-order valence-corrected chi connectivity index (χ0v) is 18.0. The molecule has 1 radical (unpaired) electrons. The van der Waals surface area contributed by atoms with Crippen LogP contribution in [-0.4, -0.2) is 55.7 Å². The van der Waals surface area contributed by atoms with Gasteiger partial charge in [-0.05, 0) is 42.1 Å². The molecule has 0 saturated carbocycles. The van der Waals surface area contributed by atoms with E-state index in [4.69, 9.17) is 13.8 Å². The zero-order chi connectivity index (χ0) is 20.1. The van der Waals surface area contributed by atoms with E-state index in [1.54, 1.807) is 18.6 Å². The van der Waals surface area contributed by atoms with Crippen LogP contribution in [0.5, 0.6) is 11.5 Å². The molecule has 0 N–H and O–H groups in total. The second-order valence-electron chi connectivity index (χ2n) is 7.60. The van der Waals surface area contributed by atoms with Crippen molar-refractivity contribution in [2.24, 2.45) is 5.92 Å². The van der Waals surface area contributed by atoms with Crippen molar-refractivity contribution < 1.29 is 9.47 Å². The van der Waals surface area contributed by atoms with E-state index in [0.717, 1.165) is 50.7 Å². The highest BCUT2D eigenvalue weighted by atomic mass is 32.1. The maximum atomic E-state index is 5.88. The van der Waals surface area contributed by atoms with Gasteiger partial charge in [-0.25, -0.2) is 0 Å². The normalized spacial score (nSPS) is 16.1. The van der Waals surface area contributed by atoms with Crippen molar-refractivity contribution in [1.29, 1.82) is 0 Å². The lowest BCUT2D eigenvalue weighted by molar-refractivity contribution is 0.199. The van der Waals surface area contributed by atoms with Crippen LogP contribution in [0.3, 0.4) is 0 Å². The van der Waals surface area contributed by atoms with Crippen LogP contribution in [0.4, 0.5) is 5.82 Å². The molecule has 1 atom stereocenters. The number of rotatable bonds is 8. The zero-order valence-electron chi connectivity index (χ0n) is 17.1. The predicted octanol–water partition coefficient (Wildman–Crippen LogP) is 4.33. The first-order valence-electron chi connectivity index (χ1n) is 10.2. The minimum Gasteiger partial charge on any atom is -0.493 e. The topological polar surface area (TPSA) is 37.8 Å². The maximum absolute atomic E-state index is 5.88. The van der Waals surface area contributed by atoms with Crippen LogP contribution >= 0.6 is 11.5 Å². The van der Waals surface area contributed by atoms with Crippen LogP contribution < -0.4 is 14.4 Å². The van der Waals surface area contributed by atoms with E-state index in [1.807, 2.05) is 18.2 Å². The Morgan fingerprint density at radius 2 is 1.97 bits per heavy atom. The van der Waals surface area contributed by atoms with Crippen molar-refractivity contribution >= 4 is 27.4 Å². The summed E-state index contributed by atoms with van der Waals surface area (Å²) < 4.78 is 17.2. The Kier molecular flexibility index (Phi) is 6.52. The number of hydrogen-bond acceptors (Lipinski definition) is 6. The van der Waals surface area contributed by atoms with Crippen molar-refractivity contribution in [3.8, 4) is 11.5 Å². The van der Waals surface area contributed by atoms with Gasteiger partial charge in [0.2, 0.25) is 0 Å². The van der Waals surface area contributed by atoms with E-state index in [9.17, 15) is 0 Å². The van der Waals surface area contributed by atoms with Gasteiger partial charge in [0, 0.05) is 44.2 Å².